The van der Waals surface area contributed by atoms with E-state index in [0.717, 1.165) is 5.56 Å². The molecule has 3 aromatic heterocycles. The third-order valence-corrected chi connectivity index (χ3v) is 2.82. The third-order valence-electron chi connectivity index (χ3n) is 2.82. The molecular weight excluding hydrogens is 284 g/mol. The van der Waals surface area contributed by atoms with Gasteiger partial charge in [0.1, 0.15) is 5.76 Å². The number of hydrogen-bond donors (Lipinski definition) is 2. The lowest BCUT2D eigenvalue weighted by molar-refractivity contribution is 0.262. The van der Waals surface area contributed by atoms with Gasteiger partial charge >= 0.3 is 6.03 Å². The van der Waals surface area contributed by atoms with Gasteiger partial charge < -0.3 is 4.52 Å². The van der Waals surface area contributed by atoms with Crippen LogP contribution in [-0.4, -0.2) is 26.0 Å². The second-order valence-corrected chi connectivity index (χ2v) is 4.66. The van der Waals surface area contributed by atoms with E-state index in [1.165, 1.54) is 0 Å². The lowest BCUT2D eigenvalue weighted by Gasteiger charge is -2.02. The second-order valence-electron chi connectivity index (χ2n) is 4.66. The van der Waals surface area contributed by atoms with Gasteiger partial charge in [0.25, 0.3) is 0 Å². The molecule has 22 heavy (non-hydrogen) atoms. The zero-order valence-electron chi connectivity index (χ0n) is 11.9. The summed E-state index contributed by atoms with van der Waals surface area (Å²) in [6, 6.07) is 6.73. The van der Waals surface area contributed by atoms with Crippen LogP contribution in [0.15, 0.2) is 47.4 Å². The van der Waals surface area contributed by atoms with Gasteiger partial charge in [-0.25, -0.2) is 4.79 Å². The first-order chi connectivity index (χ1) is 10.7. The highest BCUT2D eigenvalue weighted by molar-refractivity contribution is 5.98. The molecule has 0 saturated carbocycles. The Bertz CT molecular complexity index is 765. The van der Waals surface area contributed by atoms with E-state index in [4.69, 9.17) is 4.52 Å². The van der Waals surface area contributed by atoms with E-state index in [9.17, 15) is 4.79 Å². The minimum absolute atomic E-state index is 0.352. The lowest BCUT2D eigenvalue weighted by Crippen LogP contribution is -2.20. The standard InChI is InChI=1S/C14H14N6O2/c1-10-7-13(19-22-10)17-14(21)16-12-4-6-20(18-12)9-11-3-2-5-15-8-11/h2-8H,9H2,1H3,(H2,16,17,18,19,21). The molecule has 3 heterocycles. The van der Waals surface area contributed by atoms with Crippen LogP contribution in [0, 0.1) is 6.92 Å². The van der Waals surface area contributed by atoms with Gasteiger partial charge in [0.15, 0.2) is 11.6 Å². The van der Waals surface area contributed by atoms with Gasteiger partial charge in [0.05, 0.1) is 6.54 Å². The smallest absolute Gasteiger partial charge is 0.326 e. The van der Waals surface area contributed by atoms with E-state index >= 15 is 0 Å². The molecule has 8 nitrogen and oxygen atoms in total. The number of nitrogens with one attached hydrogen (secondary N) is 2. The molecule has 0 bridgehead atoms. The number of amides is 2. The first-order valence-electron chi connectivity index (χ1n) is 6.63. The van der Waals surface area contributed by atoms with E-state index in [0.29, 0.717) is 23.9 Å². The minimum atomic E-state index is -0.431. The molecule has 2 N–H and O–H groups in total. The molecule has 8 heteroatoms. The van der Waals surface area contributed by atoms with Crippen LogP contribution in [0.4, 0.5) is 16.4 Å². The van der Waals surface area contributed by atoms with E-state index in [2.05, 4.69) is 25.9 Å². The summed E-state index contributed by atoms with van der Waals surface area (Å²) in [4.78, 5) is 15.8. The van der Waals surface area contributed by atoms with Crippen molar-refractivity contribution in [2.75, 3.05) is 10.6 Å². The summed E-state index contributed by atoms with van der Waals surface area (Å²) < 4.78 is 6.58. The molecule has 0 spiro atoms. The number of aryl methyl sites for hydroxylation is 1. The van der Waals surface area contributed by atoms with Crippen molar-refractivity contribution in [3.8, 4) is 0 Å². The number of pyridine rings is 1. The number of carbonyl (C=O) groups is 1. The molecular formula is C14H14N6O2. The van der Waals surface area contributed by atoms with Crippen LogP contribution in [0.2, 0.25) is 0 Å². The Labute approximate surface area is 126 Å². The lowest BCUT2D eigenvalue weighted by atomic mass is 10.3. The zero-order valence-corrected chi connectivity index (χ0v) is 11.9. The second kappa shape index (κ2) is 6.08. The van der Waals surface area contributed by atoms with Crippen molar-refractivity contribution in [2.24, 2.45) is 0 Å². The number of hydrogen-bond acceptors (Lipinski definition) is 5. The number of nitrogens with zero attached hydrogens (tertiary/aromatic N) is 4. The van der Waals surface area contributed by atoms with Crippen LogP contribution < -0.4 is 10.6 Å². The molecule has 112 valence electrons. The fourth-order valence-corrected chi connectivity index (χ4v) is 1.88. The van der Waals surface area contributed by atoms with Gasteiger partial charge in [-0.05, 0) is 18.6 Å². The van der Waals surface area contributed by atoms with Crippen molar-refractivity contribution in [2.45, 2.75) is 13.5 Å². The topological polar surface area (TPSA) is 97.9 Å². The highest BCUT2D eigenvalue weighted by Crippen LogP contribution is 2.09. The molecule has 0 unspecified atom stereocenters. The van der Waals surface area contributed by atoms with Gasteiger partial charge in [0, 0.05) is 30.7 Å². The Morgan fingerprint density at radius 1 is 1.32 bits per heavy atom. The maximum Gasteiger partial charge on any atom is 0.326 e. The molecule has 2 amide bonds. The first-order valence-corrected chi connectivity index (χ1v) is 6.63. The Balaban J connectivity index is 1.58. The van der Waals surface area contributed by atoms with Crippen LogP contribution in [-0.2, 0) is 6.54 Å². The van der Waals surface area contributed by atoms with Crippen LogP contribution in [0.25, 0.3) is 0 Å². The van der Waals surface area contributed by atoms with Crippen LogP contribution >= 0.6 is 0 Å². The maximum atomic E-state index is 11.8. The van der Waals surface area contributed by atoms with Crippen LogP contribution in [0.5, 0.6) is 0 Å². The number of aromatic nitrogens is 4. The van der Waals surface area contributed by atoms with Crippen molar-refractivity contribution >= 4 is 17.7 Å². The Kier molecular flexibility index (Phi) is 3.82. The summed E-state index contributed by atoms with van der Waals surface area (Å²) in [5, 5.41) is 13.1. The van der Waals surface area contributed by atoms with E-state index in [1.807, 2.05) is 12.1 Å². The van der Waals surface area contributed by atoms with Crippen molar-refractivity contribution in [3.05, 3.63) is 54.2 Å². The summed E-state index contributed by atoms with van der Waals surface area (Å²) >= 11 is 0. The highest BCUT2D eigenvalue weighted by atomic mass is 16.5. The molecule has 0 aliphatic heterocycles. The number of anilines is 2. The molecule has 3 rings (SSSR count). The Hall–Kier alpha value is -3.16. The van der Waals surface area contributed by atoms with Gasteiger partial charge in [-0.1, -0.05) is 11.2 Å². The number of rotatable bonds is 4. The molecule has 0 atom stereocenters. The quantitative estimate of drug-likeness (QED) is 0.770. The monoisotopic (exact) mass is 298 g/mol. The summed E-state index contributed by atoms with van der Waals surface area (Å²) in [5.74, 6) is 1.42. The third kappa shape index (κ3) is 3.48. The molecule has 0 aliphatic carbocycles. The van der Waals surface area contributed by atoms with Gasteiger partial charge in [-0.15, -0.1) is 0 Å². The Morgan fingerprint density at radius 2 is 2.18 bits per heavy atom. The average Bonchev–Trinajstić information content (AvgIpc) is 3.09. The summed E-state index contributed by atoms with van der Waals surface area (Å²) in [6.07, 6.45) is 5.27. The molecule has 0 aliphatic rings. The maximum absolute atomic E-state index is 11.8. The highest BCUT2D eigenvalue weighted by Gasteiger charge is 2.08. The molecule has 0 radical (unpaired) electrons. The summed E-state index contributed by atoms with van der Waals surface area (Å²) in [5.41, 5.74) is 1.03. The fourth-order valence-electron chi connectivity index (χ4n) is 1.88. The minimum Gasteiger partial charge on any atom is -0.360 e. The molecule has 0 fully saturated rings. The summed E-state index contributed by atoms with van der Waals surface area (Å²) in [7, 11) is 0. The van der Waals surface area contributed by atoms with E-state index in [-0.39, 0.29) is 0 Å². The van der Waals surface area contributed by atoms with Crippen molar-refractivity contribution in [1.82, 2.24) is 19.9 Å². The molecule has 0 saturated heterocycles. The largest absolute Gasteiger partial charge is 0.360 e. The normalized spacial score (nSPS) is 10.4. The summed E-state index contributed by atoms with van der Waals surface area (Å²) in [6.45, 7) is 2.33. The Morgan fingerprint density at radius 3 is 2.91 bits per heavy atom. The molecule has 3 aromatic rings. The van der Waals surface area contributed by atoms with Crippen LogP contribution in [0.3, 0.4) is 0 Å². The van der Waals surface area contributed by atoms with Gasteiger partial charge in [-0.3, -0.25) is 20.3 Å². The average molecular weight is 298 g/mol. The predicted octanol–water partition coefficient (Wildman–Crippen LogP) is 2.27. The molecule has 0 aromatic carbocycles. The van der Waals surface area contributed by atoms with Crippen LogP contribution in [0.1, 0.15) is 11.3 Å². The van der Waals surface area contributed by atoms with Crippen molar-refractivity contribution < 1.29 is 9.32 Å². The van der Waals surface area contributed by atoms with Crippen molar-refractivity contribution in [1.29, 1.82) is 0 Å². The fraction of sp³-hybridized carbons (Fsp3) is 0.143. The first kappa shape index (κ1) is 13.8. The zero-order chi connectivity index (χ0) is 15.4. The van der Waals surface area contributed by atoms with E-state index < -0.39 is 6.03 Å². The van der Waals surface area contributed by atoms with E-state index in [1.54, 1.807) is 42.3 Å². The van der Waals surface area contributed by atoms with Gasteiger partial charge in [-0.2, -0.15) is 5.10 Å². The van der Waals surface area contributed by atoms with Gasteiger partial charge in [0.2, 0.25) is 0 Å². The SMILES string of the molecule is Cc1cc(NC(=O)Nc2ccn(Cc3cccnc3)n2)no1. The van der Waals surface area contributed by atoms with Crippen molar-refractivity contribution in [3.63, 3.8) is 0 Å². The number of carbonyl (C=O) groups excluding carboxylic acids is 1. The predicted molar refractivity (Wildman–Crippen MR) is 79.4 cm³/mol. The number of urea groups is 1.